The third-order valence-corrected chi connectivity index (χ3v) is 2.40. The second-order valence-corrected chi connectivity index (χ2v) is 4.18. The van der Waals surface area contributed by atoms with Crippen molar-refractivity contribution in [1.29, 1.82) is 0 Å². The number of hydrogen-bond donors (Lipinski definition) is 0. The van der Waals surface area contributed by atoms with Gasteiger partial charge in [-0.3, -0.25) is 0 Å². The molecule has 0 fully saturated rings. The van der Waals surface area contributed by atoms with Gasteiger partial charge >= 0.3 is 6.18 Å². The maximum Gasteiger partial charge on any atom is 0.409 e. The fourth-order valence-corrected chi connectivity index (χ4v) is 1.45. The van der Waals surface area contributed by atoms with Crippen LogP contribution in [0.5, 0.6) is 0 Å². The number of benzene rings is 1. The van der Waals surface area contributed by atoms with Gasteiger partial charge in [-0.2, -0.15) is 18.0 Å². The van der Waals surface area contributed by atoms with E-state index >= 15 is 0 Å². The molecule has 90 valence electrons. The Kier molecular flexibility index (Phi) is 3.14. The molecule has 8 heteroatoms. The van der Waals surface area contributed by atoms with E-state index in [-0.39, 0.29) is 5.82 Å². The van der Waals surface area contributed by atoms with E-state index in [1.165, 1.54) is 0 Å². The summed E-state index contributed by atoms with van der Waals surface area (Å²) < 4.78 is 37.1. The van der Waals surface area contributed by atoms with Crippen molar-refractivity contribution in [2.45, 2.75) is 12.7 Å². The van der Waals surface area contributed by atoms with Crippen LogP contribution in [0.1, 0.15) is 0 Å². The van der Waals surface area contributed by atoms with Crippen LogP contribution in [0, 0.1) is 0 Å². The molecule has 0 N–H and O–H groups in total. The molecule has 1 aromatic carbocycles. The molecule has 0 unspecified atom stereocenters. The Morgan fingerprint density at radius 2 is 1.82 bits per heavy atom. The van der Waals surface area contributed by atoms with Crippen molar-refractivity contribution in [1.82, 2.24) is 20.2 Å². The third kappa shape index (κ3) is 3.26. The summed E-state index contributed by atoms with van der Waals surface area (Å²) in [4.78, 5) is 0.525. The zero-order valence-corrected chi connectivity index (χ0v) is 9.90. The van der Waals surface area contributed by atoms with E-state index in [2.05, 4.69) is 31.3 Å². The number of nitrogens with zero attached hydrogens (tertiary/aromatic N) is 4. The Morgan fingerprint density at radius 3 is 2.41 bits per heavy atom. The lowest BCUT2D eigenvalue weighted by Crippen LogP contribution is -2.19. The standard InChI is InChI=1S/C9H6BrF3N4/c10-7-3-1-6(2-4-7)8-14-16-17(15-8)5-9(11,12)13/h1-4H,5H2. The van der Waals surface area contributed by atoms with E-state index < -0.39 is 12.7 Å². The highest BCUT2D eigenvalue weighted by Crippen LogP contribution is 2.19. The predicted octanol–water partition coefficient (Wildman–Crippen LogP) is 2.66. The predicted molar refractivity (Wildman–Crippen MR) is 57.0 cm³/mol. The van der Waals surface area contributed by atoms with Gasteiger partial charge in [-0.05, 0) is 29.5 Å². The van der Waals surface area contributed by atoms with E-state index in [1.54, 1.807) is 24.3 Å². The Balaban J connectivity index is 2.21. The molecule has 0 bridgehead atoms. The Bertz CT molecular complexity index is 506. The third-order valence-electron chi connectivity index (χ3n) is 1.88. The van der Waals surface area contributed by atoms with E-state index in [0.29, 0.717) is 10.4 Å². The molecule has 2 rings (SSSR count). The molecule has 0 amide bonds. The number of halogens is 4. The average molecular weight is 307 g/mol. The van der Waals surface area contributed by atoms with Crippen LogP contribution in [-0.2, 0) is 6.54 Å². The van der Waals surface area contributed by atoms with E-state index in [9.17, 15) is 13.2 Å². The first-order valence-corrected chi connectivity index (χ1v) is 5.34. The molecule has 4 nitrogen and oxygen atoms in total. The number of rotatable bonds is 2. The highest BCUT2D eigenvalue weighted by atomic mass is 79.9. The number of tetrazole rings is 1. The van der Waals surface area contributed by atoms with Crippen LogP contribution in [0.4, 0.5) is 13.2 Å². The minimum absolute atomic E-state index is 0.168. The summed E-state index contributed by atoms with van der Waals surface area (Å²) in [6.07, 6.45) is -4.35. The maximum atomic E-state index is 12.1. The maximum absolute atomic E-state index is 12.1. The summed E-state index contributed by atoms with van der Waals surface area (Å²) in [5, 5.41) is 10.6. The van der Waals surface area contributed by atoms with Gasteiger partial charge in [0.15, 0.2) is 6.54 Å². The Morgan fingerprint density at radius 1 is 1.18 bits per heavy atom. The van der Waals surface area contributed by atoms with Crippen molar-refractivity contribution >= 4 is 15.9 Å². The largest absolute Gasteiger partial charge is 0.409 e. The van der Waals surface area contributed by atoms with Crippen LogP contribution in [0.2, 0.25) is 0 Å². The van der Waals surface area contributed by atoms with Gasteiger partial charge in [-0.25, -0.2) is 0 Å². The SMILES string of the molecule is FC(F)(F)Cn1nnc(-c2ccc(Br)cc2)n1. The van der Waals surface area contributed by atoms with Gasteiger partial charge in [-0.15, -0.1) is 10.2 Å². The molecule has 2 aromatic rings. The second-order valence-electron chi connectivity index (χ2n) is 3.27. The lowest BCUT2D eigenvalue weighted by Gasteiger charge is -2.02. The quantitative estimate of drug-likeness (QED) is 0.857. The monoisotopic (exact) mass is 306 g/mol. The van der Waals surface area contributed by atoms with Crippen molar-refractivity contribution < 1.29 is 13.2 Å². The Hall–Kier alpha value is -1.44. The molecule has 0 radical (unpaired) electrons. The van der Waals surface area contributed by atoms with Crippen molar-refractivity contribution in [3.05, 3.63) is 28.7 Å². The summed E-state index contributed by atoms with van der Waals surface area (Å²) in [5.74, 6) is 0.168. The summed E-state index contributed by atoms with van der Waals surface area (Å²) in [7, 11) is 0. The summed E-state index contributed by atoms with van der Waals surface area (Å²) >= 11 is 3.25. The molecule has 1 aromatic heterocycles. The molecule has 17 heavy (non-hydrogen) atoms. The first-order valence-electron chi connectivity index (χ1n) is 4.54. The highest BCUT2D eigenvalue weighted by Gasteiger charge is 2.29. The molecule has 0 saturated carbocycles. The lowest BCUT2D eigenvalue weighted by atomic mass is 10.2. The number of hydrogen-bond acceptors (Lipinski definition) is 3. The fraction of sp³-hybridized carbons (Fsp3) is 0.222. The van der Waals surface area contributed by atoms with Crippen LogP contribution >= 0.6 is 15.9 Å². The normalized spacial score (nSPS) is 11.8. The first kappa shape index (κ1) is 12.0. The van der Waals surface area contributed by atoms with Crippen LogP contribution in [-0.4, -0.2) is 26.4 Å². The van der Waals surface area contributed by atoms with E-state index in [1.807, 2.05) is 0 Å². The molecule has 0 aliphatic carbocycles. The van der Waals surface area contributed by atoms with Crippen LogP contribution in [0.15, 0.2) is 28.7 Å². The number of alkyl halides is 3. The average Bonchev–Trinajstić information content (AvgIpc) is 2.64. The first-order chi connectivity index (χ1) is 7.94. The molecule has 1 heterocycles. The summed E-state index contributed by atoms with van der Waals surface area (Å²) in [6, 6.07) is 6.89. The van der Waals surface area contributed by atoms with Gasteiger partial charge in [0.1, 0.15) is 0 Å². The smallest absolute Gasteiger partial charge is 0.169 e. The summed E-state index contributed by atoms with van der Waals surface area (Å²) in [6.45, 7) is -1.24. The molecule has 0 spiro atoms. The van der Waals surface area contributed by atoms with Gasteiger partial charge < -0.3 is 0 Å². The van der Waals surface area contributed by atoms with Crippen LogP contribution < -0.4 is 0 Å². The topological polar surface area (TPSA) is 43.6 Å². The number of aromatic nitrogens is 4. The zero-order valence-electron chi connectivity index (χ0n) is 8.32. The molecule has 0 aliphatic rings. The zero-order chi connectivity index (χ0) is 12.5. The molecule has 0 aliphatic heterocycles. The van der Waals surface area contributed by atoms with Gasteiger partial charge in [0.05, 0.1) is 0 Å². The summed E-state index contributed by atoms with van der Waals surface area (Å²) in [5.41, 5.74) is 0.613. The molecule has 0 saturated heterocycles. The minimum atomic E-state index is -4.35. The van der Waals surface area contributed by atoms with E-state index in [4.69, 9.17) is 0 Å². The highest BCUT2D eigenvalue weighted by molar-refractivity contribution is 9.10. The molecular weight excluding hydrogens is 301 g/mol. The molecular formula is C9H6BrF3N4. The fourth-order valence-electron chi connectivity index (χ4n) is 1.19. The van der Waals surface area contributed by atoms with Crippen LogP contribution in [0.3, 0.4) is 0 Å². The minimum Gasteiger partial charge on any atom is -0.169 e. The van der Waals surface area contributed by atoms with Crippen molar-refractivity contribution in [2.24, 2.45) is 0 Å². The van der Waals surface area contributed by atoms with Gasteiger partial charge in [0, 0.05) is 10.0 Å². The molecule has 0 atom stereocenters. The van der Waals surface area contributed by atoms with Crippen LogP contribution in [0.25, 0.3) is 11.4 Å². The van der Waals surface area contributed by atoms with E-state index in [0.717, 1.165) is 4.47 Å². The van der Waals surface area contributed by atoms with Gasteiger partial charge in [0.2, 0.25) is 5.82 Å². The second kappa shape index (κ2) is 4.44. The lowest BCUT2D eigenvalue weighted by molar-refractivity contribution is -0.145. The Labute approximate surface area is 103 Å². The van der Waals surface area contributed by atoms with Gasteiger partial charge in [-0.1, -0.05) is 15.9 Å². The van der Waals surface area contributed by atoms with Gasteiger partial charge in [0.25, 0.3) is 0 Å². The van der Waals surface area contributed by atoms with Crippen molar-refractivity contribution in [3.8, 4) is 11.4 Å². The van der Waals surface area contributed by atoms with Crippen molar-refractivity contribution in [3.63, 3.8) is 0 Å². The van der Waals surface area contributed by atoms with Crippen molar-refractivity contribution in [2.75, 3.05) is 0 Å².